The molecule has 1 atom stereocenters. The lowest BCUT2D eigenvalue weighted by atomic mass is 10.1. The Balaban J connectivity index is 2.42. The zero-order valence-corrected chi connectivity index (χ0v) is 8.12. The third kappa shape index (κ3) is 2.74. The molecule has 0 aliphatic carbocycles. The molecule has 3 nitrogen and oxygen atoms in total. The van der Waals surface area contributed by atoms with Gasteiger partial charge in [0.05, 0.1) is 12.7 Å². The van der Waals surface area contributed by atoms with Gasteiger partial charge < -0.3 is 9.64 Å². The molecule has 0 amide bonds. The van der Waals surface area contributed by atoms with Crippen LogP contribution in [-0.4, -0.2) is 30.7 Å². The van der Waals surface area contributed by atoms with Crippen LogP contribution in [0.25, 0.3) is 0 Å². The maximum atomic E-state index is 8.67. The van der Waals surface area contributed by atoms with Gasteiger partial charge in [0.25, 0.3) is 0 Å². The maximum absolute atomic E-state index is 8.67. The Morgan fingerprint density at radius 2 is 2.54 bits per heavy atom. The number of morpholine rings is 1. The van der Waals surface area contributed by atoms with E-state index >= 15 is 0 Å². The molecular weight excluding hydrogens is 164 g/mol. The van der Waals surface area contributed by atoms with Gasteiger partial charge in [-0.05, 0) is 6.42 Å². The third-order valence-electron chi connectivity index (χ3n) is 2.26. The van der Waals surface area contributed by atoms with E-state index in [-0.39, 0.29) is 6.10 Å². The largest absolute Gasteiger partial charge is 0.375 e. The molecule has 0 spiro atoms. The minimum absolute atomic E-state index is 0.281. The van der Waals surface area contributed by atoms with Crippen LogP contribution in [0.4, 0.5) is 0 Å². The monoisotopic (exact) mass is 180 g/mol. The van der Waals surface area contributed by atoms with E-state index in [1.165, 1.54) is 0 Å². The topological polar surface area (TPSA) is 36.3 Å². The summed E-state index contributed by atoms with van der Waals surface area (Å²) in [4.78, 5) is 2.00. The molecule has 1 aliphatic rings. The Morgan fingerprint density at radius 3 is 3.15 bits per heavy atom. The molecule has 3 heteroatoms. The minimum Gasteiger partial charge on any atom is -0.375 e. The first kappa shape index (κ1) is 10.1. The minimum atomic E-state index is 0.281. The van der Waals surface area contributed by atoms with Crippen LogP contribution in [0.1, 0.15) is 19.8 Å². The molecule has 1 aliphatic heterocycles. The van der Waals surface area contributed by atoms with Gasteiger partial charge in [-0.3, -0.25) is 0 Å². The Morgan fingerprint density at radius 1 is 1.77 bits per heavy atom. The van der Waals surface area contributed by atoms with Crippen molar-refractivity contribution in [1.29, 1.82) is 5.26 Å². The predicted molar refractivity (Wildman–Crippen MR) is 51.0 cm³/mol. The van der Waals surface area contributed by atoms with E-state index in [9.17, 15) is 0 Å². The van der Waals surface area contributed by atoms with E-state index in [1.807, 2.05) is 4.90 Å². The average molecular weight is 180 g/mol. The van der Waals surface area contributed by atoms with E-state index in [0.717, 1.165) is 25.9 Å². The molecule has 13 heavy (non-hydrogen) atoms. The van der Waals surface area contributed by atoms with Crippen LogP contribution in [0, 0.1) is 11.3 Å². The first-order valence-corrected chi connectivity index (χ1v) is 4.73. The highest BCUT2D eigenvalue weighted by atomic mass is 16.5. The van der Waals surface area contributed by atoms with E-state index in [0.29, 0.717) is 12.3 Å². The maximum Gasteiger partial charge on any atom is 0.116 e. The molecule has 0 bridgehead atoms. The lowest BCUT2D eigenvalue weighted by Gasteiger charge is -2.33. The summed E-state index contributed by atoms with van der Waals surface area (Å²) < 4.78 is 5.55. The number of rotatable bonds is 3. The van der Waals surface area contributed by atoms with Crippen LogP contribution >= 0.6 is 0 Å². The quantitative estimate of drug-likeness (QED) is 0.618. The summed E-state index contributed by atoms with van der Waals surface area (Å²) in [6.45, 7) is 8.17. The van der Waals surface area contributed by atoms with Crippen molar-refractivity contribution in [2.45, 2.75) is 25.9 Å². The average Bonchev–Trinajstić information content (AvgIpc) is 2.18. The predicted octanol–water partition coefficient (Wildman–Crippen LogP) is 1.52. The van der Waals surface area contributed by atoms with Crippen LogP contribution < -0.4 is 0 Å². The van der Waals surface area contributed by atoms with Gasteiger partial charge in [-0.15, -0.1) is 0 Å². The van der Waals surface area contributed by atoms with Gasteiger partial charge >= 0.3 is 0 Å². The molecule has 1 unspecified atom stereocenters. The van der Waals surface area contributed by atoms with Crippen LogP contribution in [-0.2, 0) is 4.74 Å². The van der Waals surface area contributed by atoms with Crippen molar-refractivity contribution in [1.82, 2.24) is 4.90 Å². The molecule has 0 aromatic carbocycles. The molecule has 0 radical (unpaired) electrons. The second-order valence-electron chi connectivity index (χ2n) is 3.29. The summed E-state index contributed by atoms with van der Waals surface area (Å²) in [7, 11) is 0. The normalized spacial score (nSPS) is 22.5. The van der Waals surface area contributed by atoms with Crippen molar-refractivity contribution in [2.24, 2.45) is 0 Å². The molecular formula is C10H16N2O. The highest BCUT2D eigenvalue weighted by Crippen LogP contribution is 2.13. The number of hydrogen-bond acceptors (Lipinski definition) is 3. The first-order chi connectivity index (χ1) is 6.27. The lowest BCUT2D eigenvalue weighted by molar-refractivity contribution is -0.0191. The zero-order valence-electron chi connectivity index (χ0n) is 8.12. The van der Waals surface area contributed by atoms with Crippen molar-refractivity contribution in [2.75, 3.05) is 19.7 Å². The summed E-state index contributed by atoms with van der Waals surface area (Å²) in [6.07, 6.45) is 2.47. The number of nitrogens with zero attached hydrogens (tertiary/aromatic N) is 2. The standard InChI is InChI=1S/C10H16N2O/c1-3-4-10-8-12(5-6-13-10)9(2)7-11/h10H,2-6,8H2,1H3. The number of allylic oxidation sites excluding steroid dienone is 1. The van der Waals surface area contributed by atoms with E-state index in [2.05, 4.69) is 19.6 Å². The Kier molecular flexibility index (Phi) is 3.78. The molecule has 0 saturated carbocycles. The number of hydrogen-bond donors (Lipinski definition) is 0. The third-order valence-corrected chi connectivity index (χ3v) is 2.26. The molecule has 0 N–H and O–H groups in total. The van der Waals surface area contributed by atoms with Gasteiger partial charge in [0.1, 0.15) is 11.8 Å². The second kappa shape index (κ2) is 4.88. The fraction of sp³-hybridized carbons (Fsp3) is 0.700. The molecule has 0 aromatic rings. The first-order valence-electron chi connectivity index (χ1n) is 4.73. The molecule has 1 rings (SSSR count). The summed E-state index contributed by atoms with van der Waals surface area (Å²) in [5, 5.41) is 8.67. The Labute approximate surface area is 79.6 Å². The van der Waals surface area contributed by atoms with Crippen LogP contribution in [0.2, 0.25) is 0 Å². The fourth-order valence-electron chi connectivity index (χ4n) is 1.53. The fourth-order valence-corrected chi connectivity index (χ4v) is 1.53. The second-order valence-corrected chi connectivity index (χ2v) is 3.29. The highest BCUT2D eigenvalue weighted by molar-refractivity contribution is 5.15. The van der Waals surface area contributed by atoms with Gasteiger partial charge in [-0.2, -0.15) is 5.26 Å². The van der Waals surface area contributed by atoms with Gasteiger partial charge in [0.15, 0.2) is 0 Å². The summed E-state index contributed by atoms with van der Waals surface area (Å²) in [5.41, 5.74) is 0.560. The summed E-state index contributed by atoms with van der Waals surface area (Å²) in [6, 6.07) is 2.07. The summed E-state index contributed by atoms with van der Waals surface area (Å²) in [5.74, 6) is 0. The van der Waals surface area contributed by atoms with Gasteiger partial charge in [0.2, 0.25) is 0 Å². The zero-order chi connectivity index (χ0) is 9.68. The molecule has 72 valence electrons. The van der Waals surface area contributed by atoms with E-state index in [4.69, 9.17) is 10.00 Å². The van der Waals surface area contributed by atoms with Crippen molar-refractivity contribution in [3.8, 4) is 6.07 Å². The Bertz CT molecular complexity index is 217. The SMILES string of the molecule is C=C(C#N)N1CCOC(CCC)C1. The molecule has 1 fully saturated rings. The van der Waals surface area contributed by atoms with Crippen LogP contribution in [0.3, 0.4) is 0 Å². The van der Waals surface area contributed by atoms with Crippen molar-refractivity contribution in [3.63, 3.8) is 0 Å². The van der Waals surface area contributed by atoms with Gasteiger partial charge in [0, 0.05) is 13.1 Å². The van der Waals surface area contributed by atoms with Gasteiger partial charge in [-0.1, -0.05) is 19.9 Å². The molecule has 0 aromatic heterocycles. The molecule has 1 saturated heterocycles. The lowest BCUT2D eigenvalue weighted by Crippen LogP contribution is -2.41. The van der Waals surface area contributed by atoms with E-state index < -0.39 is 0 Å². The van der Waals surface area contributed by atoms with Crippen molar-refractivity contribution < 1.29 is 4.74 Å². The Hall–Kier alpha value is -1.01. The van der Waals surface area contributed by atoms with Crippen molar-refractivity contribution >= 4 is 0 Å². The van der Waals surface area contributed by atoms with Crippen LogP contribution in [0.5, 0.6) is 0 Å². The highest BCUT2D eigenvalue weighted by Gasteiger charge is 2.20. The number of nitriles is 1. The van der Waals surface area contributed by atoms with Crippen LogP contribution in [0.15, 0.2) is 12.3 Å². The smallest absolute Gasteiger partial charge is 0.116 e. The summed E-state index contributed by atoms with van der Waals surface area (Å²) >= 11 is 0. The van der Waals surface area contributed by atoms with Crippen molar-refractivity contribution in [3.05, 3.63) is 12.3 Å². The molecule has 1 heterocycles. The number of ether oxygens (including phenoxy) is 1. The van der Waals surface area contributed by atoms with Gasteiger partial charge in [-0.25, -0.2) is 0 Å². The van der Waals surface area contributed by atoms with E-state index in [1.54, 1.807) is 0 Å².